The van der Waals surface area contributed by atoms with Gasteiger partial charge in [-0.1, -0.05) is 200 Å². The van der Waals surface area contributed by atoms with Gasteiger partial charge in [0.25, 0.3) is 0 Å². The summed E-state index contributed by atoms with van der Waals surface area (Å²) in [7, 11) is 4.21. The molecule has 0 saturated carbocycles. The van der Waals surface area contributed by atoms with Gasteiger partial charge in [-0.2, -0.15) is 0 Å². The summed E-state index contributed by atoms with van der Waals surface area (Å²) < 4.78 is 6.87. The van der Waals surface area contributed by atoms with Crippen LogP contribution in [0.25, 0.3) is 169 Å². The van der Waals surface area contributed by atoms with Gasteiger partial charge in [-0.3, -0.25) is 0 Å². The molecular formula is C84H56N8S3. The molecular weight excluding hydrogens is 1220 g/mol. The first kappa shape index (κ1) is 56.3. The van der Waals surface area contributed by atoms with Gasteiger partial charge in [-0.05, 0) is 133 Å². The van der Waals surface area contributed by atoms with Crippen LogP contribution in [0, 0.1) is 0 Å². The van der Waals surface area contributed by atoms with Gasteiger partial charge in [0.2, 0.25) is 0 Å². The third kappa shape index (κ3) is 9.98. The van der Waals surface area contributed by atoms with E-state index in [4.69, 9.17) is 24.9 Å². The minimum Gasteiger partial charge on any atom is -0.327 e. The second-order valence-electron chi connectivity index (χ2n) is 24.2. The fraction of sp³-hybridized carbons (Fsp3) is 0.0357. The van der Waals surface area contributed by atoms with E-state index in [1.807, 2.05) is 31.0 Å². The van der Waals surface area contributed by atoms with E-state index in [0.717, 1.165) is 158 Å². The van der Waals surface area contributed by atoms with Crippen molar-refractivity contribution in [1.29, 1.82) is 0 Å². The number of hydrogen-bond donors (Lipinski definition) is 0. The molecule has 95 heavy (non-hydrogen) atoms. The molecule has 0 N–H and O–H groups in total. The first-order valence-electron chi connectivity index (χ1n) is 31.7. The first-order valence-corrected chi connectivity index (χ1v) is 34.2. The summed E-state index contributed by atoms with van der Waals surface area (Å²) in [6, 6.07) is 94.0. The second kappa shape index (κ2) is 23.3. The van der Waals surface area contributed by atoms with Gasteiger partial charge >= 0.3 is 0 Å². The quantitative estimate of drug-likeness (QED) is 0.115. The molecule has 450 valence electrons. The van der Waals surface area contributed by atoms with Gasteiger partial charge < -0.3 is 13.7 Å². The molecule has 0 spiro atoms. The molecule has 18 rings (SSSR count). The van der Waals surface area contributed by atoms with Gasteiger partial charge in [0, 0.05) is 83.4 Å². The summed E-state index contributed by atoms with van der Waals surface area (Å²) in [6.07, 6.45) is 10.8. The summed E-state index contributed by atoms with van der Waals surface area (Å²) >= 11 is 5.22. The fourth-order valence-electron chi connectivity index (χ4n) is 13.9. The van der Waals surface area contributed by atoms with Crippen LogP contribution in [0.2, 0.25) is 0 Å². The van der Waals surface area contributed by atoms with E-state index in [0.29, 0.717) is 6.42 Å². The maximum absolute atomic E-state index is 5.34. The highest BCUT2D eigenvalue weighted by atomic mass is 32.1. The van der Waals surface area contributed by atoms with E-state index in [2.05, 4.69) is 289 Å². The van der Waals surface area contributed by atoms with E-state index < -0.39 is 0 Å². The lowest BCUT2D eigenvalue weighted by atomic mass is 9.97. The van der Waals surface area contributed by atoms with Crippen LogP contribution in [0.15, 0.2) is 292 Å². The molecule has 0 aliphatic heterocycles. The normalized spacial score (nSPS) is 11.9. The Balaban J connectivity index is 0.841. The smallest absolute Gasteiger partial charge is 0.140 e. The average Bonchev–Trinajstić information content (AvgIpc) is 1.57. The minimum absolute atomic E-state index is 0.708. The van der Waals surface area contributed by atoms with Crippen molar-refractivity contribution in [3.05, 3.63) is 303 Å². The molecule has 6 heterocycles. The molecule has 0 saturated heterocycles. The van der Waals surface area contributed by atoms with Crippen LogP contribution in [0.4, 0.5) is 0 Å². The van der Waals surface area contributed by atoms with Crippen molar-refractivity contribution in [2.45, 2.75) is 6.42 Å². The molecule has 17 aromatic rings. The topological polar surface area (TPSA) is 79.2 Å². The predicted molar refractivity (Wildman–Crippen MR) is 395 cm³/mol. The lowest BCUT2D eigenvalue weighted by Crippen LogP contribution is -1.98. The Hall–Kier alpha value is -11.5. The zero-order chi connectivity index (χ0) is 63.1. The maximum atomic E-state index is 5.34. The molecule has 0 atom stereocenters. The third-order valence-electron chi connectivity index (χ3n) is 18.6. The third-order valence-corrected chi connectivity index (χ3v) is 21.8. The van der Waals surface area contributed by atoms with Crippen molar-refractivity contribution >= 4 is 55.8 Å². The zero-order valence-electron chi connectivity index (χ0n) is 51.7. The average molecular weight is 1270 g/mol. The summed E-state index contributed by atoms with van der Waals surface area (Å²) in [5, 5.41) is 5.20. The Labute approximate surface area is 561 Å². The van der Waals surface area contributed by atoms with E-state index in [1.54, 1.807) is 34.0 Å². The Bertz CT molecular complexity index is 5590. The van der Waals surface area contributed by atoms with Crippen molar-refractivity contribution in [3.8, 4) is 147 Å². The molecule has 6 aromatic heterocycles. The van der Waals surface area contributed by atoms with Crippen LogP contribution < -0.4 is 0 Å². The number of fused-ring (bicyclic) bond motifs is 6. The second-order valence-corrected chi connectivity index (χ2v) is 27.3. The lowest BCUT2D eigenvalue weighted by molar-refractivity contribution is 0.933. The molecule has 0 fully saturated rings. The van der Waals surface area contributed by atoms with Gasteiger partial charge in [-0.15, -0.1) is 34.0 Å². The number of nitrogens with zero attached hydrogens (tertiary/aromatic N) is 8. The van der Waals surface area contributed by atoms with Crippen molar-refractivity contribution in [2.75, 3.05) is 0 Å². The van der Waals surface area contributed by atoms with Gasteiger partial charge in [0.05, 0.1) is 49.4 Å². The van der Waals surface area contributed by atoms with E-state index in [-0.39, 0.29) is 0 Å². The van der Waals surface area contributed by atoms with E-state index in [1.165, 1.54) is 22.3 Å². The standard InChI is InChI=1S/C84H56N8S3/c1-90-75(52-20-8-3-9-21-52)47-85-80(90)61-32-18-30-57(38-61)59-34-36-73-69(40-59)70-41-60(58-31-19-33-62(39-58)81-86-48-76(91(81)2)53-22-10-4-11-23-53)35-37-74(70)92(73)64-44-66-65-42-63(82-87-49-77(93-82)54-24-12-5-13-25-54)43-71(83-88-50-78(94-83)55-26-14-6-15-27-55)67(65)46-68(66)72(45-64)84-89-51-79(95-84)56-28-16-7-17-29-56/h3-45,47-51H,46H2,1-2H3. The van der Waals surface area contributed by atoms with Crippen LogP contribution in [-0.4, -0.2) is 38.6 Å². The number of rotatable bonds is 13. The number of hydrogen-bond acceptors (Lipinski definition) is 8. The SMILES string of the molecule is Cn1c(-c2ccccc2)cnc1-c1cccc(-c2ccc3c(c2)c2cc(-c4cccc(-c5ncc(-c6ccccc6)n5C)c4)ccc2n3-c2cc(-c3ncc(-c4ccccc4)s3)c3c(c2)-c2cc(-c4ncc(-c5ccccc5)s4)cc(-c4ncc(-c5ccccc5)s4)c2C3)c1. The highest BCUT2D eigenvalue weighted by Crippen LogP contribution is 2.52. The summed E-state index contributed by atoms with van der Waals surface area (Å²) in [5.41, 5.74) is 25.8. The molecule has 8 nitrogen and oxygen atoms in total. The number of benzene rings is 11. The lowest BCUT2D eigenvalue weighted by Gasteiger charge is -2.15. The van der Waals surface area contributed by atoms with Gasteiger partial charge in [0.1, 0.15) is 26.7 Å². The molecule has 1 aliphatic carbocycles. The zero-order valence-corrected chi connectivity index (χ0v) is 54.2. The van der Waals surface area contributed by atoms with Crippen LogP contribution in [-0.2, 0) is 20.5 Å². The molecule has 0 unspecified atom stereocenters. The first-order chi connectivity index (χ1) is 46.9. The highest BCUT2D eigenvalue weighted by molar-refractivity contribution is 7.19. The van der Waals surface area contributed by atoms with Crippen molar-refractivity contribution in [2.24, 2.45) is 14.1 Å². The Morgan fingerprint density at radius 3 is 1.11 bits per heavy atom. The van der Waals surface area contributed by atoms with Gasteiger partial charge in [0.15, 0.2) is 0 Å². The Kier molecular flexibility index (Phi) is 13.8. The summed E-state index contributed by atoms with van der Waals surface area (Å²) in [5.74, 6) is 1.82. The largest absolute Gasteiger partial charge is 0.327 e. The number of aromatic nitrogens is 8. The van der Waals surface area contributed by atoms with Crippen LogP contribution in [0.5, 0.6) is 0 Å². The van der Waals surface area contributed by atoms with Crippen molar-refractivity contribution in [1.82, 2.24) is 38.6 Å². The maximum Gasteiger partial charge on any atom is 0.140 e. The monoisotopic (exact) mass is 1270 g/mol. The van der Waals surface area contributed by atoms with E-state index >= 15 is 0 Å². The fourth-order valence-corrected chi connectivity index (χ4v) is 16.7. The molecule has 0 bridgehead atoms. The highest BCUT2D eigenvalue weighted by Gasteiger charge is 2.31. The molecule has 1 aliphatic rings. The molecule has 11 heteroatoms. The Morgan fingerprint density at radius 1 is 0.284 bits per heavy atom. The van der Waals surface area contributed by atoms with Crippen LogP contribution in [0.1, 0.15) is 11.1 Å². The Morgan fingerprint density at radius 2 is 0.642 bits per heavy atom. The van der Waals surface area contributed by atoms with Crippen LogP contribution >= 0.6 is 34.0 Å². The van der Waals surface area contributed by atoms with Crippen molar-refractivity contribution in [3.63, 3.8) is 0 Å². The minimum atomic E-state index is 0.708. The molecule has 0 radical (unpaired) electrons. The van der Waals surface area contributed by atoms with E-state index in [9.17, 15) is 0 Å². The molecule has 0 amide bonds. The van der Waals surface area contributed by atoms with Crippen LogP contribution in [0.3, 0.4) is 0 Å². The molecule has 11 aromatic carbocycles. The van der Waals surface area contributed by atoms with Crippen molar-refractivity contribution < 1.29 is 0 Å². The predicted octanol–water partition coefficient (Wildman–Crippen LogP) is 22.2. The number of imidazole rings is 2. The van der Waals surface area contributed by atoms with Gasteiger partial charge in [-0.25, -0.2) is 24.9 Å². The number of thiazole rings is 3. The summed E-state index contributed by atoms with van der Waals surface area (Å²) in [4.78, 5) is 29.1. The summed E-state index contributed by atoms with van der Waals surface area (Å²) in [6.45, 7) is 0.